The number of rotatable bonds is 1. The lowest BCUT2D eigenvalue weighted by Gasteiger charge is -2.23. The maximum absolute atomic E-state index is 13.1. The molecule has 1 aliphatic rings. The number of piperidine rings is 1. The van der Waals surface area contributed by atoms with Gasteiger partial charge < -0.3 is 11.1 Å². The third-order valence-electron chi connectivity index (χ3n) is 2.71. The fourth-order valence-corrected chi connectivity index (χ4v) is 2.01. The molecule has 2 nitrogen and oxygen atoms in total. The van der Waals surface area contributed by atoms with Crippen LogP contribution in [0.5, 0.6) is 0 Å². The molecule has 1 fully saturated rings. The van der Waals surface area contributed by atoms with Gasteiger partial charge in [0.25, 0.3) is 0 Å². The van der Waals surface area contributed by atoms with Gasteiger partial charge in [-0.1, -0.05) is 0 Å². The molecular weight excluding hydrogens is 179 g/mol. The van der Waals surface area contributed by atoms with Crippen molar-refractivity contribution in [2.45, 2.75) is 18.8 Å². The van der Waals surface area contributed by atoms with Crippen molar-refractivity contribution in [3.63, 3.8) is 0 Å². The monoisotopic (exact) mass is 194 g/mol. The first-order valence-corrected chi connectivity index (χ1v) is 5.02. The summed E-state index contributed by atoms with van der Waals surface area (Å²) in [6.45, 7) is 2.00. The van der Waals surface area contributed by atoms with Crippen molar-refractivity contribution in [2.24, 2.45) is 0 Å². The van der Waals surface area contributed by atoms with Crippen LogP contribution in [-0.4, -0.2) is 13.1 Å². The van der Waals surface area contributed by atoms with Crippen molar-refractivity contribution >= 4 is 5.69 Å². The quantitative estimate of drug-likeness (QED) is 0.670. The SMILES string of the molecule is Nc1cc(F)cc([C@@H]2CCCNC2)c1. The molecule has 0 saturated carbocycles. The molecule has 1 saturated heterocycles. The molecule has 76 valence electrons. The zero-order chi connectivity index (χ0) is 9.97. The molecular formula is C11H15FN2. The van der Waals surface area contributed by atoms with Gasteiger partial charge in [-0.15, -0.1) is 0 Å². The number of hydrogen-bond donors (Lipinski definition) is 2. The van der Waals surface area contributed by atoms with Crippen molar-refractivity contribution in [3.8, 4) is 0 Å². The van der Waals surface area contributed by atoms with Gasteiger partial charge in [0.15, 0.2) is 0 Å². The van der Waals surface area contributed by atoms with Crippen molar-refractivity contribution < 1.29 is 4.39 Å². The Morgan fingerprint density at radius 3 is 2.86 bits per heavy atom. The van der Waals surface area contributed by atoms with Gasteiger partial charge in [0, 0.05) is 12.2 Å². The number of benzene rings is 1. The van der Waals surface area contributed by atoms with Crippen LogP contribution in [0.4, 0.5) is 10.1 Å². The largest absolute Gasteiger partial charge is 0.399 e. The average Bonchev–Trinajstić information content (AvgIpc) is 2.18. The van der Waals surface area contributed by atoms with Crippen LogP contribution in [0.3, 0.4) is 0 Å². The van der Waals surface area contributed by atoms with E-state index in [2.05, 4.69) is 5.32 Å². The summed E-state index contributed by atoms with van der Waals surface area (Å²) in [5.41, 5.74) is 7.15. The van der Waals surface area contributed by atoms with E-state index in [-0.39, 0.29) is 5.82 Å². The predicted octanol–water partition coefficient (Wildman–Crippen LogP) is 1.87. The van der Waals surface area contributed by atoms with E-state index < -0.39 is 0 Å². The molecule has 1 heterocycles. The van der Waals surface area contributed by atoms with Crippen LogP contribution in [-0.2, 0) is 0 Å². The Balaban J connectivity index is 2.21. The fraction of sp³-hybridized carbons (Fsp3) is 0.455. The zero-order valence-electron chi connectivity index (χ0n) is 8.09. The molecule has 0 amide bonds. The molecule has 1 aromatic rings. The summed E-state index contributed by atoms with van der Waals surface area (Å²) in [4.78, 5) is 0. The van der Waals surface area contributed by atoms with Gasteiger partial charge in [-0.2, -0.15) is 0 Å². The third kappa shape index (κ3) is 2.04. The van der Waals surface area contributed by atoms with Gasteiger partial charge in [-0.3, -0.25) is 0 Å². The standard InChI is InChI=1S/C11H15FN2/c12-10-4-9(5-11(13)6-10)8-2-1-3-14-7-8/h4-6,8,14H,1-3,7,13H2/t8-/m1/s1. The van der Waals surface area contributed by atoms with Crippen LogP contribution in [0.2, 0.25) is 0 Å². The summed E-state index contributed by atoms with van der Waals surface area (Å²) < 4.78 is 13.1. The van der Waals surface area contributed by atoms with Crippen molar-refractivity contribution in [2.75, 3.05) is 18.8 Å². The van der Waals surface area contributed by atoms with E-state index >= 15 is 0 Å². The van der Waals surface area contributed by atoms with Crippen LogP contribution < -0.4 is 11.1 Å². The van der Waals surface area contributed by atoms with Gasteiger partial charge in [-0.25, -0.2) is 4.39 Å². The number of nitrogen functional groups attached to an aromatic ring is 1. The summed E-state index contributed by atoms with van der Waals surface area (Å²) in [5.74, 6) is 0.187. The van der Waals surface area contributed by atoms with Gasteiger partial charge >= 0.3 is 0 Å². The lowest BCUT2D eigenvalue weighted by Crippen LogP contribution is -2.28. The summed E-state index contributed by atoms with van der Waals surface area (Å²) in [5, 5.41) is 3.31. The zero-order valence-corrected chi connectivity index (χ0v) is 8.09. The van der Waals surface area contributed by atoms with E-state index in [0.717, 1.165) is 31.5 Å². The second kappa shape index (κ2) is 3.96. The molecule has 3 N–H and O–H groups in total. The molecule has 0 unspecified atom stereocenters. The Labute approximate surface area is 83.3 Å². The second-order valence-electron chi connectivity index (χ2n) is 3.86. The lowest BCUT2D eigenvalue weighted by atomic mass is 9.91. The number of hydrogen-bond acceptors (Lipinski definition) is 2. The Kier molecular flexibility index (Phi) is 2.68. The third-order valence-corrected chi connectivity index (χ3v) is 2.71. The molecule has 0 bridgehead atoms. The molecule has 0 aliphatic carbocycles. The highest BCUT2D eigenvalue weighted by molar-refractivity contribution is 5.42. The normalized spacial score (nSPS) is 22.2. The van der Waals surface area contributed by atoms with Crippen LogP contribution in [0, 0.1) is 5.82 Å². The molecule has 1 aliphatic heterocycles. The molecule has 0 spiro atoms. The summed E-state index contributed by atoms with van der Waals surface area (Å²) in [6, 6.07) is 4.83. The maximum Gasteiger partial charge on any atom is 0.125 e. The van der Waals surface area contributed by atoms with E-state index in [9.17, 15) is 4.39 Å². The van der Waals surface area contributed by atoms with Crippen molar-refractivity contribution in [3.05, 3.63) is 29.6 Å². The van der Waals surface area contributed by atoms with E-state index in [1.54, 1.807) is 6.07 Å². The Morgan fingerprint density at radius 2 is 2.21 bits per heavy atom. The molecule has 0 aromatic heterocycles. The molecule has 1 aromatic carbocycles. The number of nitrogens with one attached hydrogen (secondary N) is 1. The number of nitrogens with two attached hydrogens (primary N) is 1. The van der Waals surface area contributed by atoms with Crippen LogP contribution >= 0.6 is 0 Å². The Hall–Kier alpha value is -1.09. The first kappa shape index (κ1) is 9.46. The Morgan fingerprint density at radius 1 is 1.36 bits per heavy atom. The van der Waals surface area contributed by atoms with Crippen molar-refractivity contribution in [1.29, 1.82) is 0 Å². The summed E-state index contributed by atoms with van der Waals surface area (Å²) in [7, 11) is 0. The van der Waals surface area contributed by atoms with Crippen LogP contribution in [0.15, 0.2) is 18.2 Å². The van der Waals surface area contributed by atoms with Gasteiger partial charge in [0.1, 0.15) is 5.82 Å². The minimum atomic E-state index is -0.231. The first-order valence-electron chi connectivity index (χ1n) is 5.02. The van der Waals surface area contributed by atoms with E-state index in [1.807, 2.05) is 6.07 Å². The van der Waals surface area contributed by atoms with Gasteiger partial charge in [0.2, 0.25) is 0 Å². The highest BCUT2D eigenvalue weighted by Gasteiger charge is 2.15. The minimum absolute atomic E-state index is 0.231. The van der Waals surface area contributed by atoms with Crippen molar-refractivity contribution in [1.82, 2.24) is 5.32 Å². The highest BCUT2D eigenvalue weighted by atomic mass is 19.1. The molecule has 1 atom stereocenters. The molecule has 0 radical (unpaired) electrons. The minimum Gasteiger partial charge on any atom is -0.399 e. The lowest BCUT2D eigenvalue weighted by molar-refractivity contribution is 0.460. The molecule has 14 heavy (non-hydrogen) atoms. The van der Waals surface area contributed by atoms with E-state index in [4.69, 9.17) is 5.73 Å². The molecule has 3 heteroatoms. The first-order chi connectivity index (χ1) is 6.75. The average molecular weight is 194 g/mol. The summed E-state index contributed by atoms with van der Waals surface area (Å²) in [6.07, 6.45) is 2.27. The maximum atomic E-state index is 13.1. The second-order valence-corrected chi connectivity index (χ2v) is 3.86. The smallest absolute Gasteiger partial charge is 0.125 e. The van der Waals surface area contributed by atoms with E-state index in [0.29, 0.717) is 11.6 Å². The molecule has 2 rings (SSSR count). The summed E-state index contributed by atoms with van der Waals surface area (Å²) >= 11 is 0. The van der Waals surface area contributed by atoms with Gasteiger partial charge in [-0.05, 0) is 49.1 Å². The number of anilines is 1. The van der Waals surface area contributed by atoms with Crippen LogP contribution in [0.1, 0.15) is 24.3 Å². The van der Waals surface area contributed by atoms with Crippen LogP contribution in [0.25, 0.3) is 0 Å². The fourth-order valence-electron chi connectivity index (χ4n) is 2.01. The number of halogens is 1. The van der Waals surface area contributed by atoms with E-state index in [1.165, 1.54) is 6.07 Å². The Bertz CT molecular complexity index is 299. The predicted molar refractivity (Wildman–Crippen MR) is 55.7 cm³/mol. The van der Waals surface area contributed by atoms with Gasteiger partial charge in [0.05, 0.1) is 0 Å². The topological polar surface area (TPSA) is 38.0 Å². The highest BCUT2D eigenvalue weighted by Crippen LogP contribution is 2.25.